The van der Waals surface area contributed by atoms with E-state index < -0.39 is 57.5 Å². The van der Waals surface area contributed by atoms with Crippen LogP contribution in [0.5, 0.6) is 6.01 Å². The molecule has 10 rings (SSSR count). The summed E-state index contributed by atoms with van der Waals surface area (Å²) in [6, 6.07) is 35.6. The Balaban J connectivity index is 0.000000161. The van der Waals surface area contributed by atoms with E-state index in [1.165, 1.54) is 16.7 Å². The lowest BCUT2D eigenvalue weighted by atomic mass is 9.99. The molecule has 2 N–H and O–H groups in total. The molecule has 0 bridgehead atoms. The number of aromatic amines is 1. The highest BCUT2D eigenvalue weighted by atomic mass is 32.2. The molecule has 0 radical (unpaired) electrons. The fourth-order valence-corrected chi connectivity index (χ4v) is 8.84. The zero-order valence-corrected chi connectivity index (χ0v) is 34.3. The maximum absolute atomic E-state index is 15.4. The summed E-state index contributed by atoms with van der Waals surface area (Å²) in [6.45, 7) is 4.01. The molecule has 0 amide bonds. The molecule has 63 heavy (non-hydrogen) atoms. The normalized spacial score (nSPS) is 18.3. The largest absolute Gasteiger partial charge is 0.456 e. The number of allylic oxidation sites excluding steroid dienone is 1. The fourth-order valence-electron chi connectivity index (χ4n) is 8.01. The first kappa shape index (κ1) is 41.7. The number of fused-ring (bicyclic) bond motifs is 3. The van der Waals surface area contributed by atoms with Gasteiger partial charge in [0, 0.05) is 24.9 Å². The SMILES string of the molecule is C=CCn1c(S(C)(=O)=O)nc2c(F)c(-c3ccc(-c4ccccc4)cc3)c(F)cc21.O[C@@H]1CO[C@H]2[C@@H]1OC[C@H]2Oc1nc2c(F)c(-c3ccc(-c4ccccc4)cc3)c(F)cc2[nH]1. The van der Waals surface area contributed by atoms with Crippen molar-refractivity contribution < 1.29 is 45.3 Å². The number of imidazole rings is 2. The summed E-state index contributed by atoms with van der Waals surface area (Å²) in [4.78, 5) is 11.0. The molecule has 8 aromatic rings. The Hall–Kier alpha value is -6.65. The van der Waals surface area contributed by atoms with Gasteiger partial charge in [-0.2, -0.15) is 4.98 Å². The van der Waals surface area contributed by atoms with Crippen LogP contribution in [0.15, 0.2) is 139 Å². The summed E-state index contributed by atoms with van der Waals surface area (Å²) >= 11 is 0. The lowest BCUT2D eigenvalue weighted by Crippen LogP contribution is -2.34. The summed E-state index contributed by atoms with van der Waals surface area (Å²) in [5, 5.41) is 9.54. The van der Waals surface area contributed by atoms with Gasteiger partial charge < -0.3 is 28.9 Å². The van der Waals surface area contributed by atoms with E-state index in [1.54, 1.807) is 36.4 Å². The van der Waals surface area contributed by atoms with E-state index in [0.717, 1.165) is 34.6 Å². The Kier molecular flexibility index (Phi) is 11.2. The van der Waals surface area contributed by atoms with Gasteiger partial charge in [0.15, 0.2) is 17.7 Å². The molecule has 2 saturated heterocycles. The molecule has 2 fully saturated rings. The van der Waals surface area contributed by atoms with E-state index in [2.05, 4.69) is 21.5 Å². The lowest BCUT2D eigenvalue weighted by Gasteiger charge is -2.15. The van der Waals surface area contributed by atoms with E-state index in [9.17, 15) is 22.3 Å². The molecule has 4 atom stereocenters. The predicted molar refractivity (Wildman–Crippen MR) is 231 cm³/mol. The molecule has 2 aromatic heterocycles. The number of halogens is 4. The number of ether oxygens (including phenoxy) is 3. The number of benzene rings is 6. The molecule has 0 spiro atoms. The first-order valence-electron chi connectivity index (χ1n) is 19.9. The second-order valence-electron chi connectivity index (χ2n) is 15.2. The van der Waals surface area contributed by atoms with Gasteiger partial charge in [0.1, 0.15) is 41.0 Å². The maximum Gasteiger partial charge on any atom is 0.295 e. The number of aliphatic hydroxyl groups excluding tert-OH is 1. The molecule has 10 nitrogen and oxygen atoms in total. The Labute approximate surface area is 359 Å². The number of hydrogen-bond donors (Lipinski definition) is 2. The molecular formula is C48H38F4N4O6S. The van der Waals surface area contributed by atoms with Crippen LogP contribution in [0.1, 0.15) is 0 Å². The van der Waals surface area contributed by atoms with Crippen molar-refractivity contribution in [3.8, 4) is 50.5 Å². The van der Waals surface area contributed by atoms with Crippen molar-refractivity contribution in [1.29, 1.82) is 0 Å². The number of nitrogens with zero attached hydrogens (tertiary/aromatic N) is 3. The van der Waals surface area contributed by atoms with Gasteiger partial charge >= 0.3 is 0 Å². The Bertz CT molecular complexity index is 3090. The molecule has 15 heteroatoms. The molecule has 0 aliphatic carbocycles. The predicted octanol–water partition coefficient (Wildman–Crippen LogP) is 9.32. The van der Waals surface area contributed by atoms with Crippen molar-refractivity contribution >= 4 is 31.9 Å². The highest BCUT2D eigenvalue weighted by Gasteiger charge is 2.48. The first-order chi connectivity index (χ1) is 30.4. The van der Waals surface area contributed by atoms with Gasteiger partial charge in [-0.25, -0.2) is 31.0 Å². The molecule has 0 saturated carbocycles. The van der Waals surface area contributed by atoms with Crippen LogP contribution >= 0.6 is 0 Å². The number of hydrogen-bond acceptors (Lipinski definition) is 8. The number of sulfone groups is 1. The minimum absolute atomic E-state index is 0.0172. The Morgan fingerprint density at radius 2 is 1.24 bits per heavy atom. The summed E-state index contributed by atoms with van der Waals surface area (Å²) in [5.74, 6) is -3.16. The Morgan fingerprint density at radius 3 is 1.79 bits per heavy atom. The standard InChI is InChI=1S/C25H20F2N2O4.C23H18F2N2O2S/c26-16-10-17-22(29-25(28-17)33-19-12-32-23-18(30)11-31-24(19)23)21(27)20(16)15-8-6-14(7-9-15)13-4-2-1-3-5-13;1-3-13-27-19-14-18(24)20(21(25)22(19)26-23(27)30(2,28)29)17-11-9-16(10-12-17)15-7-5-4-6-8-15/h1-10,18-19,23-24,30H,11-12H2,(H,28,29);3-12,14H,1,13H2,2H3/t18-,19-,23-,24-;/m1./s1. The van der Waals surface area contributed by atoms with Crippen LogP contribution in [0.3, 0.4) is 0 Å². The molecule has 0 unspecified atom stereocenters. The molecular weight excluding hydrogens is 837 g/mol. The van der Waals surface area contributed by atoms with E-state index >= 15 is 8.78 Å². The number of H-pyrrole nitrogens is 1. The minimum Gasteiger partial charge on any atom is -0.456 e. The second-order valence-corrected chi connectivity index (χ2v) is 17.1. The summed E-state index contributed by atoms with van der Waals surface area (Å²) in [6.07, 6.45) is 0.312. The third kappa shape index (κ3) is 8.00. The minimum atomic E-state index is -3.75. The van der Waals surface area contributed by atoms with Crippen LogP contribution in [-0.4, -0.2) is 76.9 Å². The zero-order valence-electron chi connectivity index (χ0n) is 33.5. The summed E-state index contributed by atoms with van der Waals surface area (Å²) in [7, 11) is -3.75. The van der Waals surface area contributed by atoms with Crippen LogP contribution in [-0.2, 0) is 25.9 Å². The smallest absolute Gasteiger partial charge is 0.295 e. The lowest BCUT2D eigenvalue weighted by molar-refractivity contribution is 0.00706. The van der Waals surface area contributed by atoms with Crippen molar-refractivity contribution in [3.05, 3.63) is 157 Å². The van der Waals surface area contributed by atoms with Crippen molar-refractivity contribution in [2.45, 2.75) is 36.1 Å². The van der Waals surface area contributed by atoms with Crippen LogP contribution in [0.2, 0.25) is 0 Å². The molecule has 2 aliphatic heterocycles. The van der Waals surface area contributed by atoms with E-state index in [-0.39, 0.29) is 64.1 Å². The van der Waals surface area contributed by atoms with E-state index in [4.69, 9.17) is 14.2 Å². The Morgan fingerprint density at radius 1 is 0.730 bits per heavy atom. The van der Waals surface area contributed by atoms with Crippen LogP contribution < -0.4 is 4.74 Å². The highest BCUT2D eigenvalue weighted by Crippen LogP contribution is 2.36. The maximum atomic E-state index is 15.4. The van der Waals surface area contributed by atoms with E-state index in [1.807, 2.05) is 72.8 Å². The topological polar surface area (TPSA) is 129 Å². The number of rotatable bonds is 9. The average molecular weight is 875 g/mol. The van der Waals surface area contributed by atoms with Crippen LogP contribution in [0, 0.1) is 23.3 Å². The molecule has 6 aromatic carbocycles. The van der Waals surface area contributed by atoms with E-state index in [0.29, 0.717) is 11.1 Å². The quantitative estimate of drug-likeness (QED) is 0.109. The van der Waals surface area contributed by atoms with Crippen molar-refractivity contribution in [1.82, 2.24) is 19.5 Å². The van der Waals surface area contributed by atoms with Gasteiger partial charge in [-0.15, -0.1) is 6.58 Å². The van der Waals surface area contributed by atoms with Crippen molar-refractivity contribution in [2.24, 2.45) is 0 Å². The van der Waals surface area contributed by atoms with Crippen molar-refractivity contribution in [2.75, 3.05) is 19.5 Å². The molecule has 4 heterocycles. The summed E-state index contributed by atoms with van der Waals surface area (Å²) in [5.41, 5.74) is 4.27. The van der Waals surface area contributed by atoms with Crippen molar-refractivity contribution in [3.63, 3.8) is 0 Å². The number of nitrogens with one attached hydrogen (secondary N) is 1. The van der Waals surface area contributed by atoms with Crippen LogP contribution in [0.25, 0.3) is 66.6 Å². The van der Waals surface area contributed by atoms with Gasteiger partial charge in [-0.3, -0.25) is 0 Å². The monoisotopic (exact) mass is 874 g/mol. The van der Waals surface area contributed by atoms with Gasteiger partial charge in [0.2, 0.25) is 15.0 Å². The van der Waals surface area contributed by atoms with Crippen LogP contribution in [0.4, 0.5) is 17.6 Å². The average Bonchev–Trinajstić information content (AvgIpc) is 4.07. The first-order valence-corrected chi connectivity index (χ1v) is 21.7. The van der Waals surface area contributed by atoms with Gasteiger partial charge in [0.05, 0.1) is 35.4 Å². The second kappa shape index (κ2) is 16.9. The van der Waals surface area contributed by atoms with Gasteiger partial charge in [-0.05, 0) is 33.4 Å². The molecule has 320 valence electrons. The van der Waals surface area contributed by atoms with Gasteiger partial charge in [-0.1, -0.05) is 115 Å². The fraction of sp³-hybridized carbons (Fsp3) is 0.167. The number of aliphatic hydroxyl groups is 1. The van der Waals surface area contributed by atoms with Gasteiger partial charge in [0.25, 0.3) is 6.01 Å². The zero-order chi connectivity index (χ0) is 44.0. The number of aromatic nitrogens is 4. The third-order valence-electron chi connectivity index (χ3n) is 11.0. The third-order valence-corrected chi connectivity index (χ3v) is 12.0. The summed E-state index contributed by atoms with van der Waals surface area (Å²) < 4.78 is 103. The molecule has 2 aliphatic rings. The highest BCUT2D eigenvalue weighted by molar-refractivity contribution is 7.90.